The molecule has 1 aromatic carbocycles. The molecular formula is C44H60N4O11. The number of allylic oxidation sites excluding steroid dienone is 2. The van der Waals surface area contributed by atoms with Crippen LogP contribution in [0.3, 0.4) is 0 Å². The zero-order valence-corrected chi connectivity index (χ0v) is 34.0. The molecule has 0 spiro atoms. The van der Waals surface area contributed by atoms with E-state index in [-0.39, 0.29) is 48.1 Å². The molecule has 0 aromatic heterocycles. The van der Waals surface area contributed by atoms with Crippen LogP contribution in [0.2, 0.25) is 0 Å². The minimum Gasteiger partial charge on any atom is -0.423 e. The van der Waals surface area contributed by atoms with E-state index in [2.05, 4.69) is 33.9 Å². The molecule has 8 aliphatic rings. The Hall–Kier alpha value is -3.51. The molecule has 6 aliphatic heterocycles. The molecule has 5 saturated heterocycles. The van der Waals surface area contributed by atoms with E-state index in [9.17, 15) is 39.9 Å². The van der Waals surface area contributed by atoms with Crippen LogP contribution in [-0.4, -0.2) is 142 Å². The lowest BCUT2D eigenvalue weighted by Gasteiger charge is -2.61. The van der Waals surface area contributed by atoms with Crippen LogP contribution in [0.25, 0.3) is 6.08 Å². The second-order valence-corrected chi connectivity index (χ2v) is 18.7. The predicted octanol–water partition coefficient (Wildman–Crippen LogP) is 1.51. The van der Waals surface area contributed by atoms with E-state index < -0.39 is 54.8 Å². The van der Waals surface area contributed by atoms with Gasteiger partial charge in [-0.15, -0.1) is 0 Å². The number of piperidine rings is 2. The first-order valence-electron chi connectivity index (χ1n) is 21.2. The highest BCUT2D eigenvalue weighted by Crippen LogP contribution is 2.62. The topological polar surface area (TPSA) is 211 Å². The highest BCUT2D eigenvalue weighted by Gasteiger charge is 2.59. The van der Waals surface area contributed by atoms with E-state index in [1.165, 1.54) is 0 Å². The van der Waals surface area contributed by atoms with Gasteiger partial charge in [-0.05, 0) is 85.6 Å². The van der Waals surface area contributed by atoms with Gasteiger partial charge in [0, 0.05) is 60.7 Å². The number of esters is 1. The number of benzene rings is 1. The van der Waals surface area contributed by atoms with Gasteiger partial charge in [-0.1, -0.05) is 38.1 Å². The van der Waals surface area contributed by atoms with Crippen molar-refractivity contribution in [3.63, 3.8) is 0 Å². The van der Waals surface area contributed by atoms with Crippen LogP contribution < -0.4 is 10.6 Å². The van der Waals surface area contributed by atoms with Crippen molar-refractivity contribution in [1.29, 1.82) is 0 Å². The Bertz CT molecular complexity index is 1820. The average Bonchev–Trinajstić information content (AvgIpc) is 3.55. The van der Waals surface area contributed by atoms with Gasteiger partial charge in [-0.3, -0.25) is 19.4 Å². The summed E-state index contributed by atoms with van der Waals surface area (Å²) in [7, 11) is 0. The van der Waals surface area contributed by atoms with Crippen LogP contribution in [0.4, 0.5) is 5.69 Å². The number of amides is 2. The van der Waals surface area contributed by atoms with Gasteiger partial charge in [-0.2, -0.15) is 0 Å². The summed E-state index contributed by atoms with van der Waals surface area (Å²) in [5.41, 5.74) is 1.97. The summed E-state index contributed by atoms with van der Waals surface area (Å²) in [6.45, 7) is 12.9. The standard InChI is InChI=1S/C44H60N4O11/c1-24-4-11-33-43(2,13-12-34(44(33,3)22-50)59-42-40(55)39(54)38(53)32(21-49)58-42)31(24)10-7-26-15-30(57-41(26)56)14-25-5-8-29(9-6-25)45-35(51)16-36(52)46-37-27-17-47-19-28(37)20-48(18-27)23-47/h5-6,8-9,14-15,27-28,31-34,37-40,42,49-50,53-55H,1,4,7,10-13,16-23H2,2-3H3,(H,45,51)(H,46,52)/b30-14+/t27?,28?,31?,32?,33?,34-,37?,38?,39?,40?,42?,43-,44+/m1/s1. The number of nitrogens with one attached hydrogen (secondary N) is 2. The van der Waals surface area contributed by atoms with E-state index in [1.54, 1.807) is 24.3 Å². The molecule has 10 atom stereocenters. The van der Waals surface area contributed by atoms with Crippen LogP contribution in [0.1, 0.15) is 64.4 Å². The minimum atomic E-state index is -1.56. The molecule has 0 radical (unpaired) electrons. The van der Waals surface area contributed by atoms with Gasteiger partial charge in [0.15, 0.2) is 6.29 Å². The molecule has 59 heavy (non-hydrogen) atoms. The molecule has 4 bridgehead atoms. The van der Waals surface area contributed by atoms with E-state index >= 15 is 0 Å². The molecule has 1 aromatic rings. The van der Waals surface area contributed by atoms with Gasteiger partial charge in [-0.25, -0.2) is 4.79 Å². The molecule has 9 rings (SSSR count). The fourth-order valence-corrected chi connectivity index (χ4v) is 11.9. The maximum atomic E-state index is 13.1. The van der Waals surface area contributed by atoms with E-state index in [1.807, 2.05) is 19.1 Å². The Kier molecular flexibility index (Phi) is 12.0. The molecular weight excluding hydrogens is 761 g/mol. The lowest BCUT2D eigenvalue weighted by molar-refractivity contribution is -0.330. The van der Waals surface area contributed by atoms with Gasteiger partial charge < -0.3 is 50.4 Å². The number of rotatable bonds is 12. The number of carbonyl (C=O) groups is 3. The lowest BCUT2D eigenvalue weighted by atomic mass is 9.46. The van der Waals surface area contributed by atoms with Crippen molar-refractivity contribution in [3.05, 3.63) is 59.4 Å². The number of ether oxygens (including phenoxy) is 3. The van der Waals surface area contributed by atoms with E-state index in [0.29, 0.717) is 48.1 Å². The van der Waals surface area contributed by atoms with Gasteiger partial charge >= 0.3 is 5.97 Å². The fourth-order valence-electron chi connectivity index (χ4n) is 11.9. The number of hydrogen-bond acceptors (Lipinski definition) is 13. The zero-order chi connectivity index (χ0) is 41.8. The summed E-state index contributed by atoms with van der Waals surface area (Å²) in [5.74, 6) is 0.228. The van der Waals surface area contributed by atoms with Crippen molar-refractivity contribution in [1.82, 2.24) is 15.1 Å². The number of fused-ring (bicyclic) bond motifs is 1. The Morgan fingerprint density at radius 3 is 2.34 bits per heavy atom. The molecule has 2 aliphatic carbocycles. The summed E-state index contributed by atoms with van der Waals surface area (Å²) in [6.07, 6.45) is -0.337. The first-order chi connectivity index (χ1) is 28.2. The van der Waals surface area contributed by atoms with Crippen molar-refractivity contribution in [2.24, 2.45) is 34.5 Å². The average molecular weight is 821 g/mol. The Morgan fingerprint density at radius 2 is 1.68 bits per heavy atom. The summed E-state index contributed by atoms with van der Waals surface area (Å²) in [4.78, 5) is 43.5. The van der Waals surface area contributed by atoms with Crippen molar-refractivity contribution < 1.29 is 54.1 Å². The van der Waals surface area contributed by atoms with Crippen molar-refractivity contribution in [3.8, 4) is 0 Å². The number of hydrogen-bond donors (Lipinski definition) is 7. The molecule has 15 nitrogen and oxygen atoms in total. The summed E-state index contributed by atoms with van der Waals surface area (Å²) in [6, 6.07) is 7.23. The van der Waals surface area contributed by atoms with Crippen LogP contribution in [0.5, 0.6) is 0 Å². The highest BCUT2D eigenvalue weighted by atomic mass is 16.7. The summed E-state index contributed by atoms with van der Waals surface area (Å²) >= 11 is 0. The first-order valence-corrected chi connectivity index (χ1v) is 21.2. The maximum absolute atomic E-state index is 13.1. The monoisotopic (exact) mass is 820 g/mol. The zero-order valence-electron chi connectivity index (χ0n) is 34.0. The number of aliphatic hydroxyl groups is 5. The van der Waals surface area contributed by atoms with Crippen LogP contribution in [0.15, 0.2) is 53.8 Å². The molecule has 15 heteroatoms. The minimum absolute atomic E-state index is 0.00676. The number of aliphatic hydroxyl groups excluding tert-OH is 5. The second kappa shape index (κ2) is 16.7. The summed E-state index contributed by atoms with van der Waals surface area (Å²) < 4.78 is 17.6. The number of carbonyl (C=O) groups excluding carboxylic acids is 3. The largest absolute Gasteiger partial charge is 0.423 e. The lowest BCUT2D eigenvalue weighted by Crippen LogP contribution is -2.71. The van der Waals surface area contributed by atoms with E-state index in [4.69, 9.17) is 14.2 Å². The third-order valence-corrected chi connectivity index (χ3v) is 14.8. The molecule has 7 N–H and O–H groups in total. The van der Waals surface area contributed by atoms with Gasteiger partial charge in [0.05, 0.1) is 26.0 Å². The normalized spacial score (nSPS) is 42.0. The Morgan fingerprint density at radius 1 is 0.983 bits per heavy atom. The quantitative estimate of drug-likeness (QED) is 0.0692. The number of nitrogens with zero attached hydrogens (tertiary/aromatic N) is 2. The smallest absolute Gasteiger partial charge is 0.339 e. The maximum Gasteiger partial charge on any atom is 0.339 e. The molecule has 6 heterocycles. The molecule has 2 saturated carbocycles. The van der Waals surface area contributed by atoms with Gasteiger partial charge in [0.2, 0.25) is 11.8 Å². The summed E-state index contributed by atoms with van der Waals surface area (Å²) in [5, 5.41) is 57.9. The first kappa shape index (κ1) is 42.2. The Labute approximate surface area is 345 Å². The predicted molar refractivity (Wildman–Crippen MR) is 215 cm³/mol. The van der Waals surface area contributed by atoms with Crippen LogP contribution >= 0.6 is 0 Å². The van der Waals surface area contributed by atoms with Crippen molar-refractivity contribution >= 4 is 29.5 Å². The number of anilines is 1. The van der Waals surface area contributed by atoms with E-state index in [0.717, 1.165) is 63.2 Å². The fraction of sp³-hybridized carbons (Fsp3) is 0.659. The van der Waals surface area contributed by atoms with Gasteiger partial charge in [0.25, 0.3) is 0 Å². The van der Waals surface area contributed by atoms with Crippen LogP contribution in [0, 0.1) is 34.5 Å². The van der Waals surface area contributed by atoms with Crippen molar-refractivity contribution in [2.45, 2.75) is 102 Å². The molecule has 7 fully saturated rings. The highest BCUT2D eigenvalue weighted by molar-refractivity contribution is 6.03. The second-order valence-electron chi connectivity index (χ2n) is 18.7. The third-order valence-electron chi connectivity index (χ3n) is 14.8. The molecule has 2 amide bonds. The van der Waals surface area contributed by atoms with Crippen LogP contribution in [-0.2, 0) is 28.6 Å². The molecule has 322 valence electrons. The molecule has 7 unspecified atom stereocenters. The third kappa shape index (κ3) is 8.18. The van der Waals surface area contributed by atoms with Crippen molar-refractivity contribution in [2.75, 3.05) is 51.4 Å². The number of cyclic esters (lactones) is 1. The Balaban J connectivity index is 0.856. The SMILES string of the molecule is C=C1CCC2[C@](C)(CC[C@@H](OC3OC(CO)C(O)C(O)C3O)[C@@]2(C)CO)C1CCC1=C/C(=C\c2ccc(NC(=O)CC(=O)NC3C4CN5CC3CN(C4)C5)cc2)OC1=O. The van der Waals surface area contributed by atoms with Gasteiger partial charge in [0.1, 0.15) is 36.6 Å².